The Bertz CT molecular complexity index is 551. The third kappa shape index (κ3) is 10.6. The van der Waals surface area contributed by atoms with Gasteiger partial charge in [-0.2, -0.15) is 0 Å². The van der Waals surface area contributed by atoms with Gasteiger partial charge < -0.3 is 25.2 Å². The second kappa shape index (κ2) is 14.3. The summed E-state index contributed by atoms with van der Waals surface area (Å²) in [7, 11) is 0. The van der Waals surface area contributed by atoms with E-state index >= 15 is 0 Å². The van der Waals surface area contributed by atoms with Crippen LogP contribution in [0.4, 0.5) is 0 Å². The molecule has 0 unspecified atom stereocenters. The van der Waals surface area contributed by atoms with E-state index in [4.69, 9.17) is 9.84 Å². The van der Waals surface area contributed by atoms with Gasteiger partial charge in [0, 0.05) is 12.8 Å². The topological polar surface area (TPSA) is 107 Å². The lowest BCUT2D eigenvalue weighted by Crippen LogP contribution is -2.25. The molecule has 4 N–H and O–H groups in total. The van der Waals surface area contributed by atoms with Crippen molar-refractivity contribution in [3.05, 3.63) is 48.6 Å². The lowest BCUT2D eigenvalue weighted by Gasteiger charge is -2.16. The normalized spacial score (nSPS) is 25.5. The number of hydrogen-bond donors (Lipinski definition) is 4. The largest absolute Gasteiger partial charge is 0.481 e. The Morgan fingerprint density at radius 1 is 1.11 bits per heavy atom. The minimum atomic E-state index is -0.784. The van der Waals surface area contributed by atoms with Gasteiger partial charge in [-0.25, -0.2) is 0 Å². The quantitative estimate of drug-likeness (QED) is 0.358. The molecule has 0 saturated carbocycles. The maximum absolute atomic E-state index is 10.3. The highest BCUT2D eigenvalue weighted by Crippen LogP contribution is 2.25. The molecule has 0 aromatic heterocycles. The minimum Gasteiger partial charge on any atom is -0.481 e. The Morgan fingerprint density at radius 3 is 2.39 bits per heavy atom. The van der Waals surface area contributed by atoms with Crippen LogP contribution in [0.15, 0.2) is 48.6 Å². The monoisotopic (exact) mass is 394 g/mol. The maximum Gasteiger partial charge on any atom is 0.303 e. The Hall–Kier alpha value is -1.73. The van der Waals surface area contributed by atoms with E-state index in [1.165, 1.54) is 0 Å². The van der Waals surface area contributed by atoms with Gasteiger partial charge in [0.05, 0.1) is 24.4 Å². The fourth-order valence-electron chi connectivity index (χ4n) is 2.82. The molecular weight excluding hydrogens is 360 g/mol. The van der Waals surface area contributed by atoms with Gasteiger partial charge in [-0.1, -0.05) is 55.5 Å². The number of aliphatic carboxylic acids is 1. The average molecular weight is 395 g/mol. The predicted octanol–water partition coefficient (Wildman–Crippen LogP) is 2.90. The van der Waals surface area contributed by atoms with E-state index in [1.54, 1.807) is 12.2 Å². The van der Waals surface area contributed by atoms with Crippen LogP contribution in [0.3, 0.4) is 0 Å². The Kier molecular flexibility index (Phi) is 12.4. The van der Waals surface area contributed by atoms with Gasteiger partial charge in [0.1, 0.15) is 6.10 Å². The number of aliphatic hydroxyl groups is 3. The van der Waals surface area contributed by atoms with Crippen molar-refractivity contribution in [3.8, 4) is 0 Å². The maximum atomic E-state index is 10.3. The molecule has 1 fully saturated rings. The number of ether oxygens (including phenoxy) is 1. The van der Waals surface area contributed by atoms with Crippen LogP contribution in [0, 0.1) is 0 Å². The van der Waals surface area contributed by atoms with Gasteiger partial charge in [0.25, 0.3) is 0 Å². The Morgan fingerprint density at radius 2 is 1.75 bits per heavy atom. The zero-order valence-electron chi connectivity index (χ0n) is 16.6. The summed E-state index contributed by atoms with van der Waals surface area (Å²) in [5, 5.41) is 38.3. The van der Waals surface area contributed by atoms with Crippen LogP contribution in [-0.2, 0) is 9.53 Å². The fourth-order valence-corrected chi connectivity index (χ4v) is 2.82. The molecule has 28 heavy (non-hydrogen) atoms. The van der Waals surface area contributed by atoms with E-state index in [-0.39, 0.29) is 12.5 Å². The number of carboxylic acid groups (broad SMARTS) is 1. The van der Waals surface area contributed by atoms with Crippen LogP contribution in [-0.4, -0.2) is 56.9 Å². The summed E-state index contributed by atoms with van der Waals surface area (Å²) in [5.74, 6) is -0.784. The van der Waals surface area contributed by atoms with Crippen molar-refractivity contribution < 1.29 is 30.0 Å². The number of rotatable bonds is 13. The molecule has 0 amide bonds. The van der Waals surface area contributed by atoms with E-state index in [1.807, 2.05) is 43.4 Å². The van der Waals surface area contributed by atoms with Crippen molar-refractivity contribution in [3.63, 3.8) is 0 Å². The van der Waals surface area contributed by atoms with Crippen LogP contribution >= 0.6 is 0 Å². The summed E-state index contributed by atoms with van der Waals surface area (Å²) in [5.41, 5.74) is 0. The number of carboxylic acids is 1. The molecule has 5 atom stereocenters. The second-order valence-electron chi connectivity index (χ2n) is 6.92. The number of hydrogen-bond acceptors (Lipinski definition) is 5. The van der Waals surface area contributed by atoms with E-state index < -0.39 is 30.4 Å². The van der Waals surface area contributed by atoms with Crippen molar-refractivity contribution >= 4 is 5.97 Å². The van der Waals surface area contributed by atoms with Crippen molar-refractivity contribution in [2.75, 3.05) is 0 Å². The lowest BCUT2D eigenvalue weighted by molar-refractivity contribution is -0.136. The Labute approximate surface area is 167 Å². The van der Waals surface area contributed by atoms with Crippen LogP contribution in [0.1, 0.15) is 51.9 Å². The predicted molar refractivity (Wildman–Crippen MR) is 109 cm³/mol. The van der Waals surface area contributed by atoms with Gasteiger partial charge >= 0.3 is 5.97 Å². The standard InChI is InChI=1S/C22H34O6/c1-2-18(24)21-16-19(25)20(28-21)15-14-17(23)12-10-8-6-4-3-5-7-9-11-13-22(26)27/h3-4,7-10,14-15,17-21,23-25H,2,5-6,11-13,16H2,1H3,(H,26,27)/b4-3-,9-7-,10-8-,15-14+/t17-,18-,19+,20-,21+/m0/s1. The van der Waals surface area contributed by atoms with Crippen molar-refractivity contribution in [2.24, 2.45) is 0 Å². The molecule has 1 aliphatic heterocycles. The molecule has 6 heteroatoms. The van der Waals surface area contributed by atoms with E-state index in [2.05, 4.69) is 0 Å². The highest BCUT2D eigenvalue weighted by atomic mass is 16.5. The molecule has 1 rings (SSSR count). The van der Waals surface area contributed by atoms with Crippen LogP contribution in [0.5, 0.6) is 0 Å². The molecule has 0 aromatic carbocycles. The van der Waals surface area contributed by atoms with Gasteiger partial charge in [-0.05, 0) is 32.1 Å². The SMILES string of the molecule is CC[C@H](O)[C@H]1C[C@@H](O)[C@H](/C=C/[C@@H](O)C/C=C\C/C=C\C/C=C\CCC(=O)O)O1. The van der Waals surface area contributed by atoms with Gasteiger partial charge in [0.2, 0.25) is 0 Å². The first-order chi connectivity index (χ1) is 13.4. The minimum absolute atomic E-state index is 0.160. The highest BCUT2D eigenvalue weighted by molar-refractivity contribution is 5.66. The van der Waals surface area contributed by atoms with E-state index in [9.17, 15) is 20.1 Å². The molecule has 0 spiro atoms. The molecule has 158 valence electrons. The van der Waals surface area contributed by atoms with Crippen molar-refractivity contribution in [2.45, 2.75) is 82.4 Å². The lowest BCUT2D eigenvalue weighted by atomic mass is 10.1. The molecule has 1 aliphatic rings. The fraction of sp³-hybridized carbons (Fsp3) is 0.591. The zero-order valence-corrected chi connectivity index (χ0v) is 16.6. The third-order valence-electron chi connectivity index (χ3n) is 4.50. The van der Waals surface area contributed by atoms with Gasteiger partial charge in [0.15, 0.2) is 0 Å². The molecule has 0 aromatic rings. The van der Waals surface area contributed by atoms with Crippen LogP contribution < -0.4 is 0 Å². The van der Waals surface area contributed by atoms with Crippen molar-refractivity contribution in [1.29, 1.82) is 0 Å². The summed E-state index contributed by atoms with van der Waals surface area (Å²) in [6, 6.07) is 0. The highest BCUT2D eigenvalue weighted by Gasteiger charge is 2.35. The first-order valence-corrected chi connectivity index (χ1v) is 9.98. The van der Waals surface area contributed by atoms with Crippen LogP contribution in [0.2, 0.25) is 0 Å². The van der Waals surface area contributed by atoms with Crippen LogP contribution in [0.25, 0.3) is 0 Å². The summed E-state index contributed by atoms with van der Waals surface area (Å²) < 4.78 is 5.63. The summed E-state index contributed by atoms with van der Waals surface area (Å²) in [4.78, 5) is 10.3. The first-order valence-electron chi connectivity index (χ1n) is 9.98. The molecule has 0 aliphatic carbocycles. The molecule has 1 saturated heterocycles. The second-order valence-corrected chi connectivity index (χ2v) is 6.92. The molecule has 6 nitrogen and oxygen atoms in total. The number of aliphatic hydroxyl groups excluding tert-OH is 3. The number of carbonyl (C=O) groups is 1. The van der Waals surface area contributed by atoms with Gasteiger partial charge in [-0.15, -0.1) is 0 Å². The zero-order chi connectivity index (χ0) is 20.8. The van der Waals surface area contributed by atoms with E-state index in [0.717, 1.165) is 12.8 Å². The first kappa shape index (κ1) is 24.3. The summed E-state index contributed by atoms with van der Waals surface area (Å²) >= 11 is 0. The smallest absolute Gasteiger partial charge is 0.303 e. The molecule has 1 heterocycles. The van der Waals surface area contributed by atoms with E-state index in [0.29, 0.717) is 25.7 Å². The third-order valence-corrected chi connectivity index (χ3v) is 4.50. The van der Waals surface area contributed by atoms with Gasteiger partial charge in [-0.3, -0.25) is 4.79 Å². The summed E-state index contributed by atoms with van der Waals surface area (Å²) in [6.07, 6.45) is 16.0. The summed E-state index contributed by atoms with van der Waals surface area (Å²) in [6.45, 7) is 1.87. The average Bonchev–Trinajstić information content (AvgIpc) is 3.04. The molecule has 0 radical (unpaired) electrons. The molecule has 0 bridgehead atoms. The number of allylic oxidation sites excluding steroid dienone is 5. The Balaban J connectivity index is 2.18. The van der Waals surface area contributed by atoms with Crippen molar-refractivity contribution in [1.82, 2.24) is 0 Å². The molecular formula is C22H34O6.